The molecule has 1 N–H and O–H groups in total. The molecule has 1 aliphatic rings. The highest BCUT2D eigenvalue weighted by Gasteiger charge is 2.41. The first-order valence-corrected chi connectivity index (χ1v) is 4.83. The Balaban J connectivity index is 2.54. The van der Waals surface area contributed by atoms with Crippen LogP contribution in [0.2, 0.25) is 5.28 Å². The summed E-state index contributed by atoms with van der Waals surface area (Å²) in [6.07, 6.45) is 4.32. The van der Waals surface area contributed by atoms with Gasteiger partial charge in [-0.1, -0.05) is 18.2 Å². The molecule has 1 aliphatic carbocycles. The van der Waals surface area contributed by atoms with E-state index in [0.717, 1.165) is 12.3 Å². The molecule has 1 aromatic heterocycles. The molecule has 1 heterocycles. The van der Waals surface area contributed by atoms with Crippen molar-refractivity contribution < 1.29 is 13.9 Å². The van der Waals surface area contributed by atoms with Crippen molar-refractivity contribution in [3.05, 3.63) is 47.3 Å². The largest absolute Gasteiger partial charge is 0.385 e. The molecule has 0 radical (unpaired) electrons. The zero-order valence-corrected chi connectivity index (χ0v) is 8.70. The molecule has 2 rings (SSSR count). The minimum absolute atomic E-state index is 0.274. The van der Waals surface area contributed by atoms with Crippen LogP contribution in [0.3, 0.4) is 0 Å². The minimum atomic E-state index is -2.41. The number of nitrogens with zero attached hydrogens (tertiary/aromatic N) is 2. The molecule has 16 heavy (non-hydrogen) atoms. The summed E-state index contributed by atoms with van der Waals surface area (Å²) in [4.78, 5) is 6.86. The van der Waals surface area contributed by atoms with Gasteiger partial charge in [0.25, 0.3) is 0 Å². The zero-order valence-electron chi connectivity index (χ0n) is 7.94. The first kappa shape index (κ1) is 11.2. The summed E-state index contributed by atoms with van der Waals surface area (Å²) < 4.78 is 27.7. The van der Waals surface area contributed by atoms with Gasteiger partial charge >= 0.3 is 0 Å². The lowest BCUT2D eigenvalue weighted by molar-refractivity contribution is 0.0486. The van der Waals surface area contributed by atoms with Crippen LogP contribution in [0, 0.1) is 5.82 Å². The Morgan fingerprint density at radius 3 is 2.88 bits per heavy atom. The van der Waals surface area contributed by atoms with Gasteiger partial charge in [-0.2, -0.15) is 0 Å². The van der Waals surface area contributed by atoms with E-state index in [1.165, 1.54) is 18.2 Å². The maximum atomic E-state index is 14.4. The third-order valence-corrected chi connectivity index (χ3v) is 2.43. The standard InChI is InChI=1S/C10H7ClF2N2O/c11-9-14-5-6(12)8(15-9)10(13)4-2-1-3-7(10)16/h1-5,7,16H. The average Bonchev–Trinajstić information content (AvgIpc) is 2.26. The van der Waals surface area contributed by atoms with Crippen LogP contribution in [0.5, 0.6) is 0 Å². The Labute approximate surface area is 95.1 Å². The number of alkyl halides is 1. The van der Waals surface area contributed by atoms with Gasteiger partial charge in [0.15, 0.2) is 5.82 Å². The van der Waals surface area contributed by atoms with Crippen molar-refractivity contribution in [1.29, 1.82) is 0 Å². The van der Waals surface area contributed by atoms with Crippen LogP contribution >= 0.6 is 11.6 Å². The molecule has 1 aromatic rings. The van der Waals surface area contributed by atoms with Gasteiger partial charge in [-0.25, -0.2) is 18.7 Å². The van der Waals surface area contributed by atoms with Crippen LogP contribution in [0.25, 0.3) is 0 Å². The first-order valence-electron chi connectivity index (χ1n) is 4.45. The lowest BCUT2D eigenvalue weighted by atomic mass is 9.90. The monoisotopic (exact) mass is 244 g/mol. The number of hydrogen-bond donors (Lipinski definition) is 1. The van der Waals surface area contributed by atoms with E-state index >= 15 is 0 Å². The predicted octanol–water partition coefficient (Wildman–Crippen LogP) is 1.92. The second-order valence-corrected chi connectivity index (χ2v) is 3.63. The van der Waals surface area contributed by atoms with Crippen LogP contribution in [0.1, 0.15) is 5.69 Å². The second-order valence-electron chi connectivity index (χ2n) is 3.29. The van der Waals surface area contributed by atoms with E-state index in [1.807, 2.05) is 0 Å². The van der Waals surface area contributed by atoms with Gasteiger partial charge in [0, 0.05) is 0 Å². The summed E-state index contributed by atoms with van der Waals surface area (Å²) in [5.74, 6) is -0.953. The van der Waals surface area contributed by atoms with Gasteiger partial charge in [-0.05, 0) is 17.7 Å². The Hall–Kier alpha value is -1.33. The fourth-order valence-electron chi connectivity index (χ4n) is 1.44. The van der Waals surface area contributed by atoms with E-state index < -0.39 is 23.3 Å². The smallest absolute Gasteiger partial charge is 0.222 e. The quantitative estimate of drug-likeness (QED) is 0.768. The fourth-order valence-corrected chi connectivity index (χ4v) is 1.57. The third kappa shape index (κ3) is 1.72. The van der Waals surface area contributed by atoms with Crippen molar-refractivity contribution in [3.63, 3.8) is 0 Å². The molecule has 0 bridgehead atoms. The summed E-state index contributed by atoms with van der Waals surface area (Å²) in [6.45, 7) is 0. The molecule has 3 nitrogen and oxygen atoms in total. The average molecular weight is 245 g/mol. The van der Waals surface area contributed by atoms with Gasteiger partial charge in [0.05, 0.1) is 6.20 Å². The van der Waals surface area contributed by atoms with E-state index in [2.05, 4.69) is 9.97 Å². The summed E-state index contributed by atoms with van der Waals surface area (Å²) >= 11 is 5.47. The van der Waals surface area contributed by atoms with Crippen LogP contribution < -0.4 is 0 Å². The Morgan fingerprint density at radius 2 is 2.19 bits per heavy atom. The van der Waals surface area contributed by atoms with Crippen molar-refractivity contribution in [2.45, 2.75) is 11.8 Å². The highest BCUT2D eigenvalue weighted by molar-refractivity contribution is 6.28. The van der Waals surface area contributed by atoms with Gasteiger partial charge in [-0.15, -0.1) is 0 Å². The summed E-state index contributed by atoms with van der Waals surface area (Å²) in [7, 11) is 0. The Bertz CT molecular complexity index is 478. The fraction of sp³-hybridized carbons (Fsp3) is 0.200. The normalized spacial score (nSPS) is 28.4. The number of hydrogen-bond acceptors (Lipinski definition) is 3. The minimum Gasteiger partial charge on any atom is -0.385 e. The molecule has 2 atom stereocenters. The molecule has 84 valence electrons. The number of rotatable bonds is 1. The Kier molecular flexibility index (Phi) is 2.73. The molecule has 0 aromatic carbocycles. The number of aliphatic hydroxyl groups is 1. The molecule has 0 fully saturated rings. The molecular weight excluding hydrogens is 238 g/mol. The summed E-state index contributed by atoms with van der Waals surface area (Å²) in [6, 6.07) is 0. The van der Waals surface area contributed by atoms with E-state index in [4.69, 9.17) is 11.6 Å². The molecule has 0 saturated carbocycles. The van der Waals surface area contributed by atoms with E-state index in [0.29, 0.717) is 0 Å². The molecule has 0 aliphatic heterocycles. The van der Waals surface area contributed by atoms with Gasteiger partial charge < -0.3 is 5.11 Å². The van der Waals surface area contributed by atoms with Crippen LogP contribution in [0.15, 0.2) is 30.5 Å². The maximum Gasteiger partial charge on any atom is 0.222 e. The van der Waals surface area contributed by atoms with Gasteiger partial charge in [0.1, 0.15) is 11.8 Å². The molecular formula is C10H7ClF2N2O. The lowest BCUT2D eigenvalue weighted by Crippen LogP contribution is -2.35. The van der Waals surface area contributed by atoms with Gasteiger partial charge in [0.2, 0.25) is 11.0 Å². The van der Waals surface area contributed by atoms with Crippen LogP contribution in [-0.4, -0.2) is 21.2 Å². The molecule has 0 amide bonds. The number of aliphatic hydroxyl groups excluding tert-OH is 1. The first-order chi connectivity index (χ1) is 7.54. The Morgan fingerprint density at radius 1 is 1.44 bits per heavy atom. The summed E-state index contributed by atoms with van der Waals surface area (Å²) in [5, 5.41) is 9.24. The zero-order chi connectivity index (χ0) is 11.8. The highest BCUT2D eigenvalue weighted by atomic mass is 35.5. The summed E-state index contributed by atoms with van der Waals surface area (Å²) in [5.41, 5.74) is -2.98. The number of allylic oxidation sites excluding steroid dienone is 2. The third-order valence-electron chi connectivity index (χ3n) is 2.25. The van der Waals surface area contributed by atoms with Crippen LogP contribution in [0.4, 0.5) is 8.78 Å². The molecule has 0 spiro atoms. The van der Waals surface area contributed by atoms with Crippen molar-refractivity contribution in [2.75, 3.05) is 0 Å². The van der Waals surface area contributed by atoms with E-state index in [9.17, 15) is 13.9 Å². The SMILES string of the molecule is OC1C=CC=CC1(F)c1nc(Cl)ncc1F. The highest BCUT2D eigenvalue weighted by Crippen LogP contribution is 2.34. The van der Waals surface area contributed by atoms with Crippen molar-refractivity contribution in [1.82, 2.24) is 9.97 Å². The molecule has 6 heteroatoms. The van der Waals surface area contributed by atoms with Crippen LogP contribution in [-0.2, 0) is 5.67 Å². The van der Waals surface area contributed by atoms with Gasteiger partial charge in [-0.3, -0.25) is 0 Å². The molecule has 2 unspecified atom stereocenters. The number of aromatic nitrogens is 2. The number of halogens is 3. The maximum absolute atomic E-state index is 14.4. The van der Waals surface area contributed by atoms with Crippen molar-refractivity contribution >= 4 is 11.6 Å². The second kappa shape index (κ2) is 3.92. The lowest BCUT2D eigenvalue weighted by Gasteiger charge is -2.26. The van der Waals surface area contributed by atoms with E-state index in [-0.39, 0.29) is 5.28 Å². The van der Waals surface area contributed by atoms with E-state index in [1.54, 1.807) is 0 Å². The molecule has 0 saturated heterocycles. The predicted molar refractivity (Wildman–Crippen MR) is 54.1 cm³/mol. The van der Waals surface area contributed by atoms with Crippen molar-refractivity contribution in [2.24, 2.45) is 0 Å². The van der Waals surface area contributed by atoms with Crippen molar-refractivity contribution in [3.8, 4) is 0 Å². The topological polar surface area (TPSA) is 46.0 Å².